The number of thiophene rings is 1. The van der Waals surface area contributed by atoms with Crippen molar-refractivity contribution in [1.82, 2.24) is 15.5 Å². The molecule has 0 aromatic carbocycles. The second-order valence-electron chi connectivity index (χ2n) is 5.90. The van der Waals surface area contributed by atoms with E-state index in [2.05, 4.69) is 45.8 Å². The van der Waals surface area contributed by atoms with Gasteiger partial charge in [0.1, 0.15) is 0 Å². The van der Waals surface area contributed by atoms with E-state index in [4.69, 9.17) is 0 Å². The summed E-state index contributed by atoms with van der Waals surface area (Å²) in [6.45, 7) is 9.90. The molecular weight excluding hydrogens is 407 g/mol. The van der Waals surface area contributed by atoms with Crippen LogP contribution in [0.25, 0.3) is 0 Å². The van der Waals surface area contributed by atoms with E-state index in [0.29, 0.717) is 0 Å². The third-order valence-corrected chi connectivity index (χ3v) is 5.23. The Balaban J connectivity index is 0.00000242. The predicted octanol–water partition coefficient (Wildman–Crippen LogP) is 3.07. The lowest BCUT2D eigenvalue weighted by Crippen LogP contribution is -2.43. The number of aliphatic imine (C=N–C) groups is 1. The van der Waals surface area contributed by atoms with E-state index in [0.717, 1.165) is 31.5 Å². The van der Waals surface area contributed by atoms with Gasteiger partial charge in [0, 0.05) is 25.0 Å². The second kappa shape index (κ2) is 10.4. The molecule has 1 aromatic rings. The zero-order chi connectivity index (χ0) is 15.1. The Morgan fingerprint density at radius 3 is 2.68 bits per heavy atom. The molecule has 126 valence electrons. The Kier molecular flexibility index (Phi) is 9.35. The smallest absolute Gasteiger partial charge is 0.191 e. The highest BCUT2D eigenvalue weighted by molar-refractivity contribution is 14.0. The molecule has 0 amide bonds. The first kappa shape index (κ1) is 19.7. The standard InChI is InChI=1S/C16H28N4S.HI/c1-13-4-8-20(9-5-13)10-7-18-16(17-3)19-12-15-14(2)6-11-21-15;/h6,11,13H,4-5,7-10,12H2,1-3H3,(H2,17,18,19);1H. The van der Waals surface area contributed by atoms with Crippen molar-refractivity contribution in [3.63, 3.8) is 0 Å². The van der Waals surface area contributed by atoms with Crippen molar-refractivity contribution >= 4 is 41.3 Å². The second-order valence-corrected chi connectivity index (χ2v) is 6.90. The maximum absolute atomic E-state index is 4.29. The van der Waals surface area contributed by atoms with Gasteiger partial charge < -0.3 is 15.5 Å². The number of aryl methyl sites for hydroxylation is 1. The summed E-state index contributed by atoms with van der Waals surface area (Å²) in [5.74, 6) is 1.80. The van der Waals surface area contributed by atoms with Crippen LogP contribution in [-0.2, 0) is 6.54 Å². The van der Waals surface area contributed by atoms with Crippen LogP contribution in [0.2, 0.25) is 0 Å². The molecule has 1 fully saturated rings. The Morgan fingerprint density at radius 2 is 2.09 bits per heavy atom. The van der Waals surface area contributed by atoms with Gasteiger partial charge in [0.2, 0.25) is 0 Å². The minimum Gasteiger partial charge on any atom is -0.355 e. The van der Waals surface area contributed by atoms with Crippen LogP contribution in [0.1, 0.15) is 30.2 Å². The Morgan fingerprint density at radius 1 is 1.36 bits per heavy atom. The maximum Gasteiger partial charge on any atom is 0.191 e. The van der Waals surface area contributed by atoms with Crippen LogP contribution < -0.4 is 10.6 Å². The molecule has 4 nitrogen and oxygen atoms in total. The lowest BCUT2D eigenvalue weighted by molar-refractivity contribution is 0.195. The fraction of sp³-hybridized carbons (Fsp3) is 0.688. The third-order valence-electron chi connectivity index (χ3n) is 4.20. The fourth-order valence-electron chi connectivity index (χ4n) is 2.59. The molecule has 2 N–H and O–H groups in total. The van der Waals surface area contributed by atoms with Crippen LogP contribution >= 0.6 is 35.3 Å². The minimum absolute atomic E-state index is 0. The molecule has 0 aliphatic carbocycles. The predicted molar refractivity (Wildman–Crippen MR) is 108 cm³/mol. The van der Waals surface area contributed by atoms with Gasteiger partial charge in [0.15, 0.2) is 5.96 Å². The highest BCUT2D eigenvalue weighted by Crippen LogP contribution is 2.15. The number of likely N-dealkylation sites (tertiary alicyclic amines) is 1. The van der Waals surface area contributed by atoms with Crippen molar-refractivity contribution in [3.8, 4) is 0 Å². The molecule has 0 unspecified atom stereocenters. The molecular formula is C16H29IN4S. The lowest BCUT2D eigenvalue weighted by Gasteiger charge is -2.30. The monoisotopic (exact) mass is 436 g/mol. The first-order valence-corrected chi connectivity index (χ1v) is 8.77. The number of halogens is 1. The highest BCUT2D eigenvalue weighted by atomic mass is 127. The number of nitrogens with zero attached hydrogens (tertiary/aromatic N) is 2. The molecule has 0 atom stereocenters. The summed E-state index contributed by atoms with van der Waals surface area (Å²) in [5, 5.41) is 8.94. The van der Waals surface area contributed by atoms with Crippen LogP contribution in [0, 0.1) is 12.8 Å². The van der Waals surface area contributed by atoms with Gasteiger partial charge in [-0.25, -0.2) is 0 Å². The molecule has 2 rings (SSSR count). The average molecular weight is 436 g/mol. The van der Waals surface area contributed by atoms with Gasteiger partial charge >= 0.3 is 0 Å². The zero-order valence-corrected chi connectivity index (χ0v) is 17.0. The van der Waals surface area contributed by atoms with Crippen molar-refractivity contribution in [2.45, 2.75) is 33.2 Å². The van der Waals surface area contributed by atoms with Gasteiger partial charge in [0.25, 0.3) is 0 Å². The number of rotatable bonds is 5. The molecule has 1 aromatic heterocycles. The van der Waals surface area contributed by atoms with Crippen LogP contribution in [0.5, 0.6) is 0 Å². The van der Waals surface area contributed by atoms with Crippen molar-refractivity contribution in [1.29, 1.82) is 0 Å². The van der Waals surface area contributed by atoms with E-state index in [1.165, 1.54) is 36.4 Å². The first-order valence-electron chi connectivity index (χ1n) is 7.89. The van der Waals surface area contributed by atoms with Gasteiger partial charge in [-0.1, -0.05) is 6.92 Å². The van der Waals surface area contributed by atoms with Gasteiger partial charge in [0.05, 0.1) is 6.54 Å². The molecule has 1 saturated heterocycles. The zero-order valence-electron chi connectivity index (χ0n) is 13.9. The number of piperidine rings is 1. The SMILES string of the molecule is CN=C(NCCN1CCC(C)CC1)NCc1sccc1C.I. The van der Waals surface area contributed by atoms with Crippen molar-refractivity contribution in [2.75, 3.05) is 33.2 Å². The van der Waals surface area contributed by atoms with Gasteiger partial charge in [-0.2, -0.15) is 0 Å². The summed E-state index contributed by atoms with van der Waals surface area (Å²) < 4.78 is 0. The molecule has 2 heterocycles. The highest BCUT2D eigenvalue weighted by Gasteiger charge is 2.14. The van der Waals surface area contributed by atoms with Crippen molar-refractivity contribution in [2.24, 2.45) is 10.9 Å². The van der Waals surface area contributed by atoms with Gasteiger partial charge in [-0.3, -0.25) is 4.99 Å². The summed E-state index contributed by atoms with van der Waals surface area (Å²) in [6, 6.07) is 2.16. The fourth-order valence-corrected chi connectivity index (χ4v) is 3.43. The summed E-state index contributed by atoms with van der Waals surface area (Å²) in [4.78, 5) is 8.22. The molecule has 6 heteroatoms. The Labute approximate surface area is 155 Å². The number of hydrogen-bond acceptors (Lipinski definition) is 3. The topological polar surface area (TPSA) is 39.7 Å². The molecule has 0 radical (unpaired) electrons. The Hall–Kier alpha value is -0.340. The van der Waals surface area contributed by atoms with Crippen LogP contribution in [0.15, 0.2) is 16.4 Å². The number of nitrogens with one attached hydrogen (secondary N) is 2. The summed E-state index contributed by atoms with van der Waals surface area (Å²) in [7, 11) is 1.83. The van der Waals surface area contributed by atoms with E-state index >= 15 is 0 Å². The van der Waals surface area contributed by atoms with Crippen molar-refractivity contribution < 1.29 is 0 Å². The average Bonchev–Trinajstić information content (AvgIpc) is 2.90. The molecule has 0 bridgehead atoms. The van der Waals surface area contributed by atoms with E-state index in [-0.39, 0.29) is 24.0 Å². The summed E-state index contributed by atoms with van der Waals surface area (Å²) in [5.41, 5.74) is 1.35. The summed E-state index contributed by atoms with van der Waals surface area (Å²) >= 11 is 1.80. The van der Waals surface area contributed by atoms with Crippen LogP contribution in [0.3, 0.4) is 0 Å². The lowest BCUT2D eigenvalue weighted by atomic mass is 9.99. The van der Waals surface area contributed by atoms with E-state index in [1.54, 1.807) is 11.3 Å². The van der Waals surface area contributed by atoms with E-state index in [9.17, 15) is 0 Å². The molecule has 22 heavy (non-hydrogen) atoms. The molecule has 0 spiro atoms. The third kappa shape index (κ3) is 6.42. The minimum atomic E-state index is 0. The van der Waals surface area contributed by atoms with E-state index in [1.807, 2.05) is 7.05 Å². The largest absolute Gasteiger partial charge is 0.355 e. The van der Waals surface area contributed by atoms with Crippen LogP contribution in [-0.4, -0.2) is 44.1 Å². The van der Waals surface area contributed by atoms with E-state index < -0.39 is 0 Å². The molecule has 1 aliphatic heterocycles. The summed E-state index contributed by atoms with van der Waals surface area (Å²) in [6.07, 6.45) is 2.68. The quantitative estimate of drug-likeness (QED) is 0.424. The molecule has 1 aliphatic rings. The maximum atomic E-state index is 4.29. The number of guanidine groups is 1. The van der Waals surface area contributed by atoms with Gasteiger partial charge in [-0.05, 0) is 55.8 Å². The normalized spacial score (nSPS) is 17.1. The van der Waals surface area contributed by atoms with Crippen molar-refractivity contribution in [3.05, 3.63) is 21.9 Å². The number of hydrogen-bond donors (Lipinski definition) is 2. The van der Waals surface area contributed by atoms with Gasteiger partial charge in [-0.15, -0.1) is 35.3 Å². The van der Waals surface area contributed by atoms with Crippen LogP contribution in [0.4, 0.5) is 0 Å². The first-order chi connectivity index (χ1) is 10.2. The Bertz CT molecular complexity index is 453. The molecule has 0 saturated carbocycles.